The van der Waals surface area contributed by atoms with Crippen molar-refractivity contribution in [2.75, 3.05) is 11.5 Å². The number of nitrogens with one attached hydrogen (secondary N) is 1. The van der Waals surface area contributed by atoms with E-state index in [2.05, 4.69) is 21.2 Å². The van der Waals surface area contributed by atoms with Gasteiger partial charge in [-0.15, -0.1) is 0 Å². The number of hydrogen-bond acceptors (Lipinski definition) is 5. The van der Waals surface area contributed by atoms with E-state index in [-0.39, 0.29) is 22.6 Å². The molecule has 0 saturated carbocycles. The number of carbonyl (C=O) groups excluding carboxylic acids is 3. The number of imide groups is 2. The number of rotatable bonds is 5. The molecule has 2 N–H and O–H groups in total. The molecule has 1 saturated heterocycles. The number of carbonyl (C=O) groups is 4. The van der Waals surface area contributed by atoms with Gasteiger partial charge in [0.2, 0.25) is 0 Å². The van der Waals surface area contributed by atoms with Crippen molar-refractivity contribution in [1.82, 2.24) is 5.32 Å². The van der Waals surface area contributed by atoms with Gasteiger partial charge in [-0.3, -0.25) is 14.9 Å². The molecular formula is C19H12BrClN2O6. The number of hydrogen-bond donors (Lipinski definition) is 2. The first kappa shape index (κ1) is 20.6. The first-order valence-corrected chi connectivity index (χ1v) is 9.24. The van der Waals surface area contributed by atoms with Crippen LogP contribution in [0.1, 0.15) is 5.56 Å². The predicted octanol–water partition coefficient (Wildman–Crippen LogP) is 3.23. The number of urea groups is 1. The summed E-state index contributed by atoms with van der Waals surface area (Å²) in [5.74, 6) is -2.75. The Morgan fingerprint density at radius 1 is 1.17 bits per heavy atom. The van der Waals surface area contributed by atoms with Gasteiger partial charge in [-0.05, 0) is 48.5 Å². The van der Waals surface area contributed by atoms with Gasteiger partial charge < -0.3 is 9.84 Å². The van der Waals surface area contributed by atoms with Crippen LogP contribution in [-0.2, 0) is 14.4 Å². The third kappa shape index (κ3) is 4.64. The Balaban J connectivity index is 2.01. The summed E-state index contributed by atoms with van der Waals surface area (Å²) >= 11 is 9.11. The zero-order valence-electron chi connectivity index (χ0n) is 14.5. The Morgan fingerprint density at radius 2 is 1.86 bits per heavy atom. The van der Waals surface area contributed by atoms with Crippen LogP contribution in [0.4, 0.5) is 10.5 Å². The fourth-order valence-electron chi connectivity index (χ4n) is 2.54. The highest BCUT2D eigenvalue weighted by Crippen LogP contribution is 2.28. The van der Waals surface area contributed by atoms with Crippen molar-refractivity contribution in [2.24, 2.45) is 0 Å². The van der Waals surface area contributed by atoms with Crippen molar-refractivity contribution in [3.63, 3.8) is 0 Å². The summed E-state index contributed by atoms with van der Waals surface area (Å²) in [7, 11) is 0. The molecule has 29 heavy (non-hydrogen) atoms. The lowest BCUT2D eigenvalue weighted by atomic mass is 10.1. The minimum absolute atomic E-state index is 0.152. The first-order chi connectivity index (χ1) is 13.8. The molecule has 148 valence electrons. The summed E-state index contributed by atoms with van der Waals surface area (Å²) < 4.78 is 5.82. The molecule has 1 aliphatic rings. The molecule has 1 fully saturated rings. The molecule has 3 rings (SSSR count). The molecule has 4 amide bonds. The zero-order chi connectivity index (χ0) is 21.1. The first-order valence-electron chi connectivity index (χ1n) is 8.07. The summed E-state index contributed by atoms with van der Waals surface area (Å²) in [5, 5.41) is 11.3. The van der Waals surface area contributed by atoms with Crippen molar-refractivity contribution in [2.45, 2.75) is 0 Å². The summed E-state index contributed by atoms with van der Waals surface area (Å²) in [4.78, 5) is 49.0. The number of carboxylic acid groups (broad SMARTS) is 1. The Labute approximate surface area is 177 Å². The number of nitrogens with zero attached hydrogens (tertiary/aromatic N) is 1. The molecule has 2 aromatic carbocycles. The van der Waals surface area contributed by atoms with Crippen LogP contribution in [0, 0.1) is 0 Å². The van der Waals surface area contributed by atoms with Crippen molar-refractivity contribution in [1.29, 1.82) is 0 Å². The lowest BCUT2D eigenvalue weighted by Gasteiger charge is -2.26. The van der Waals surface area contributed by atoms with E-state index < -0.39 is 30.4 Å². The van der Waals surface area contributed by atoms with Gasteiger partial charge in [0.15, 0.2) is 6.61 Å². The van der Waals surface area contributed by atoms with E-state index in [1.165, 1.54) is 36.4 Å². The Kier molecular flexibility index (Phi) is 6.00. The molecule has 2 aromatic rings. The molecule has 0 aromatic heterocycles. The summed E-state index contributed by atoms with van der Waals surface area (Å²) in [6.07, 6.45) is 1.23. The number of benzene rings is 2. The minimum Gasteiger partial charge on any atom is -0.481 e. The molecule has 0 bridgehead atoms. The van der Waals surface area contributed by atoms with E-state index in [1.54, 1.807) is 12.1 Å². The maximum Gasteiger partial charge on any atom is 0.341 e. The molecule has 0 spiro atoms. The lowest BCUT2D eigenvalue weighted by Crippen LogP contribution is -2.54. The second-order valence-electron chi connectivity index (χ2n) is 5.80. The number of aliphatic carboxylic acids is 1. The van der Waals surface area contributed by atoms with Crippen molar-refractivity contribution in [3.05, 3.63) is 63.1 Å². The molecule has 8 nitrogen and oxygen atoms in total. The quantitative estimate of drug-likeness (QED) is 0.503. The molecule has 1 aliphatic heterocycles. The molecule has 0 aliphatic carbocycles. The van der Waals surface area contributed by atoms with E-state index in [0.29, 0.717) is 9.50 Å². The summed E-state index contributed by atoms with van der Waals surface area (Å²) in [6.45, 7) is -0.604. The second kappa shape index (κ2) is 8.46. The van der Waals surface area contributed by atoms with Gasteiger partial charge in [0.05, 0.1) is 5.69 Å². The zero-order valence-corrected chi connectivity index (χ0v) is 16.9. The number of barbiturate groups is 1. The van der Waals surface area contributed by atoms with Crippen LogP contribution in [0.2, 0.25) is 5.02 Å². The molecule has 1 heterocycles. The Morgan fingerprint density at radius 3 is 2.52 bits per heavy atom. The second-order valence-corrected chi connectivity index (χ2v) is 7.15. The SMILES string of the molecule is O=C(O)COc1ccc(Br)cc1C=C1C(=O)NC(=O)N(c2ccc(Cl)cc2)C1=O. The Hall–Kier alpha value is -3.17. The van der Waals surface area contributed by atoms with Crippen LogP contribution in [0.5, 0.6) is 5.75 Å². The van der Waals surface area contributed by atoms with Crippen LogP contribution < -0.4 is 15.0 Å². The van der Waals surface area contributed by atoms with Crippen LogP contribution in [-0.4, -0.2) is 35.5 Å². The van der Waals surface area contributed by atoms with E-state index in [0.717, 1.165) is 4.90 Å². The van der Waals surface area contributed by atoms with Gasteiger partial charge in [-0.2, -0.15) is 0 Å². The number of amides is 4. The van der Waals surface area contributed by atoms with Crippen LogP contribution >= 0.6 is 27.5 Å². The third-order valence-corrected chi connectivity index (χ3v) is 4.55. The highest BCUT2D eigenvalue weighted by molar-refractivity contribution is 9.10. The number of carboxylic acids is 1. The summed E-state index contributed by atoms with van der Waals surface area (Å²) in [6, 6.07) is 9.71. The smallest absolute Gasteiger partial charge is 0.341 e. The minimum atomic E-state index is -1.18. The maximum atomic E-state index is 12.9. The fourth-order valence-corrected chi connectivity index (χ4v) is 3.05. The number of anilines is 1. The summed E-state index contributed by atoms with van der Waals surface area (Å²) in [5.41, 5.74) is 0.189. The standard InChI is InChI=1S/C19H12BrClN2O6/c20-11-1-6-15(29-9-16(24)25)10(7-11)8-14-17(26)22-19(28)23(18(14)27)13-4-2-12(21)3-5-13/h1-8H,9H2,(H,24,25)(H,22,26,28). The maximum absolute atomic E-state index is 12.9. The third-order valence-electron chi connectivity index (χ3n) is 3.81. The normalized spacial score (nSPS) is 15.4. The van der Waals surface area contributed by atoms with Crippen LogP contribution in [0.15, 0.2) is 52.5 Å². The fraction of sp³-hybridized carbons (Fsp3) is 0.0526. The van der Waals surface area contributed by atoms with Crippen molar-refractivity contribution < 1.29 is 29.0 Å². The Bertz CT molecular complexity index is 1050. The van der Waals surface area contributed by atoms with Gasteiger partial charge in [-0.1, -0.05) is 27.5 Å². The average molecular weight is 480 g/mol. The topological polar surface area (TPSA) is 113 Å². The highest BCUT2D eigenvalue weighted by Gasteiger charge is 2.37. The van der Waals surface area contributed by atoms with Crippen LogP contribution in [0.3, 0.4) is 0 Å². The predicted molar refractivity (Wildman–Crippen MR) is 108 cm³/mol. The molecule has 0 unspecified atom stereocenters. The van der Waals surface area contributed by atoms with E-state index in [9.17, 15) is 19.2 Å². The molecular weight excluding hydrogens is 468 g/mol. The lowest BCUT2D eigenvalue weighted by molar-refractivity contribution is -0.139. The van der Waals surface area contributed by atoms with Crippen molar-refractivity contribution >= 4 is 63.1 Å². The number of halogens is 2. The molecule has 0 atom stereocenters. The largest absolute Gasteiger partial charge is 0.481 e. The van der Waals surface area contributed by atoms with E-state index in [4.69, 9.17) is 21.4 Å². The van der Waals surface area contributed by atoms with E-state index >= 15 is 0 Å². The van der Waals surface area contributed by atoms with Gasteiger partial charge in [0, 0.05) is 15.1 Å². The van der Waals surface area contributed by atoms with E-state index in [1.807, 2.05) is 0 Å². The van der Waals surface area contributed by atoms with Gasteiger partial charge in [0.1, 0.15) is 11.3 Å². The average Bonchev–Trinajstić information content (AvgIpc) is 2.65. The van der Waals surface area contributed by atoms with Gasteiger partial charge >= 0.3 is 12.0 Å². The highest BCUT2D eigenvalue weighted by atomic mass is 79.9. The van der Waals surface area contributed by atoms with Gasteiger partial charge in [-0.25, -0.2) is 14.5 Å². The number of ether oxygens (including phenoxy) is 1. The van der Waals surface area contributed by atoms with Crippen LogP contribution in [0.25, 0.3) is 6.08 Å². The molecule has 10 heteroatoms. The molecule has 0 radical (unpaired) electrons. The van der Waals surface area contributed by atoms with Crippen molar-refractivity contribution in [3.8, 4) is 5.75 Å². The monoisotopic (exact) mass is 478 g/mol. The van der Waals surface area contributed by atoms with Gasteiger partial charge in [0.25, 0.3) is 11.8 Å².